The number of rotatable bonds is 5. The molecule has 1 heterocycles. The van der Waals surface area contributed by atoms with E-state index in [2.05, 4.69) is 20.5 Å². The van der Waals surface area contributed by atoms with Gasteiger partial charge < -0.3 is 9.47 Å². The lowest BCUT2D eigenvalue weighted by Crippen LogP contribution is -2.20. The lowest BCUT2D eigenvalue weighted by atomic mass is 10.1. The van der Waals surface area contributed by atoms with Gasteiger partial charge in [-0.2, -0.15) is 4.98 Å². The van der Waals surface area contributed by atoms with Crippen LogP contribution < -0.4 is 14.8 Å². The number of nitrogens with one attached hydrogen (secondary N) is 2. The zero-order valence-corrected chi connectivity index (χ0v) is 11.6. The van der Waals surface area contributed by atoms with E-state index in [1.54, 1.807) is 0 Å². The molecule has 2 N–H and O–H groups in total. The van der Waals surface area contributed by atoms with Crippen LogP contribution in [0.5, 0.6) is 11.8 Å². The third-order valence-corrected chi connectivity index (χ3v) is 2.47. The predicted molar refractivity (Wildman–Crippen MR) is 73.0 cm³/mol. The Labute approximate surface area is 116 Å². The van der Waals surface area contributed by atoms with Crippen molar-refractivity contribution in [2.75, 3.05) is 19.0 Å². The summed E-state index contributed by atoms with van der Waals surface area (Å²) in [5, 5.41) is 8.77. The minimum atomic E-state index is -0.331. The van der Waals surface area contributed by atoms with E-state index in [-0.39, 0.29) is 24.5 Å². The zero-order valence-electron chi connectivity index (χ0n) is 11.6. The second-order valence-corrected chi connectivity index (χ2v) is 4.33. The zero-order chi connectivity index (χ0) is 14.5. The number of nitrogens with zero attached hydrogens (tertiary/aromatic N) is 2. The van der Waals surface area contributed by atoms with Crippen LogP contribution in [0, 0.1) is 13.8 Å². The van der Waals surface area contributed by atoms with Crippen molar-refractivity contribution in [2.24, 2.45) is 0 Å². The molecular weight excluding hydrogens is 260 g/mol. The van der Waals surface area contributed by atoms with Crippen LogP contribution >= 0.6 is 0 Å². The summed E-state index contributed by atoms with van der Waals surface area (Å²) in [6, 6.07) is 5.94. The van der Waals surface area contributed by atoms with Crippen LogP contribution in [0.2, 0.25) is 0 Å². The summed E-state index contributed by atoms with van der Waals surface area (Å²) in [6.07, 6.45) is 0. The molecule has 1 aromatic heterocycles. The quantitative estimate of drug-likeness (QED) is 0.862. The van der Waals surface area contributed by atoms with Gasteiger partial charge in [-0.05, 0) is 37.1 Å². The van der Waals surface area contributed by atoms with Crippen molar-refractivity contribution in [3.63, 3.8) is 0 Å². The van der Waals surface area contributed by atoms with Crippen molar-refractivity contribution in [1.29, 1.82) is 0 Å². The molecule has 106 valence electrons. The van der Waals surface area contributed by atoms with Crippen LogP contribution in [0.25, 0.3) is 0 Å². The maximum absolute atomic E-state index is 11.7. The fraction of sp³-hybridized carbons (Fsp3) is 0.308. The van der Waals surface area contributed by atoms with Crippen molar-refractivity contribution in [3.8, 4) is 11.8 Å². The lowest BCUT2D eigenvalue weighted by Gasteiger charge is -2.07. The normalized spacial score (nSPS) is 10.2. The van der Waals surface area contributed by atoms with E-state index in [0.29, 0.717) is 5.75 Å². The van der Waals surface area contributed by atoms with E-state index < -0.39 is 0 Å². The molecule has 0 atom stereocenters. The van der Waals surface area contributed by atoms with Gasteiger partial charge in [-0.3, -0.25) is 10.1 Å². The third kappa shape index (κ3) is 3.71. The van der Waals surface area contributed by atoms with Crippen LogP contribution in [0.4, 0.5) is 5.95 Å². The molecule has 20 heavy (non-hydrogen) atoms. The van der Waals surface area contributed by atoms with Crippen molar-refractivity contribution in [1.82, 2.24) is 15.2 Å². The molecule has 7 nitrogen and oxygen atoms in total. The van der Waals surface area contributed by atoms with Gasteiger partial charge in [0, 0.05) is 0 Å². The van der Waals surface area contributed by atoms with Crippen molar-refractivity contribution >= 4 is 11.9 Å². The first-order valence-electron chi connectivity index (χ1n) is 6.04. The van der Waals surface area contributed by atoms with Gasteiger partial charge in [0.05, 0.1) is 7.11 Å². The van der Waals surface area contributed by atoms with E-state index >= 15 is 0 Å². The van der Waals surface area contributed by atoms with Crippen LogP contribution in [0.1, 0.15) is 11.1 Å². The number of hydrogen-bond donors (Lipinski definition) is 2. The first-order valence-corrected chi connectivity index (χ1v) is 6.04. The van der Waals surface area contributed by atoms with Crippen LogP contribution in [0.3, 0.4) is 0 Å². The number of aryl methyl sites for hydroxylation is 2. The molecule has 0 unspecified atom stereocenters. The van der Waals surface area contributed by atoms with E-state index in [0.717, 1.165) is 11.1 Å². The summed E-state index contributed by atoms with van der Waals surface area (Å²) >= 11 is 0. The molecule has 0 fully saturated rings. The monoisotopic (exact) mass is 276 g/mol. The Balaban J connectivity index is 1.88. The van der Waals surface area contributed by atoms with E-state index in [1.807, 2.05) is 32.0 Å². The Morgan fingerprint density at radius 3 is 2.60 bits per heavy atom. The number of amides is 1. The molecule has 2 aromatic rings. The molecule has 0 aliphatic heterocycles. The standard InChI is InChI=1S/C13H16N4O3/c1-8-4-9(2)6-10(5-8)20-7-11(18)14-12-15-13(19-3)17-16-12/h4-6H,7H2,1-3H3,(H2,14,15,16,17,18). The molecule has 0 aliphatic rings. The topological polar surface area (TPSA) is 89.1 Å². The molecule has 2 rings (SSSR count). The van der Waals surface area contributed by atoms with Crippen molar-refractivity contribution in [3.05, 3.63) is 29.3 Å². The second-order valence-electron chi connectivity index (χ2n) is 4.33. The van der Waals surface area contributed by atoms with Gasteiger partial charge in [0.15, 0.2) is 6.61 Å². The molecule has 1 amide bonds. The number of ether oxygens (including phenoxy) is 2. The molecule has 1 aromatic carbocycles. The fourth-order valence-electron chi connectivity index (χ4n) is 1.73. The van der Waals surface area contributed by atoms with Gasteiger partial charge in [-0.15, -0.1) is 5.10 Å². The maximum atomic E-state index is 11.7. The number of aromatic amines is 1. The lowest BCUT2D eigenvalue weighted by molar-refractivity contribution is -0.118. The molecule has 0 saturated heterocycles. The highest BCUT2D eigenvalue weighted by Crippen LogP contribution is 2.16. The fourth-order valence-corrected chi connectivity index (χ4v) is 1.73. The van der Waals surface area contributed by atoms with Crippen LogP contribution in [-0.2, 0) is 4.79 Å². The second kappa shape index (κ2) is 6.05. The summed E-state index contributed by atoms with van der Waals surface area (Å²) in [5.41, 5.74) is 2.17. The highest BCUT2D eigenvalue weighted by atomic mass is 16.5. The predicted octanol–water partition coefficient (Wildman–Crippen LogP) is 1.45. The number of benzene rings is 1. The minimum Gasteiger partial charge on any atom is -0.484 e. The Hall–Kier alpha value is -2.57. The SMILES string of the molecule is COc1n[nH]c(NC(=O)COc2cc(C)cc(C)c2)n1. The van der Waals surface area contributed by atoms with Gasteiger partial charge in [0.2, 0.25) is 5.95 Å². The summed E-state index contributed by atoms with van der Waals surface area (Å²) in [4.78, 5) is 15.6. The number of aromatic nitrogens is 3. The number of anilines is 1. The summed E-state index contributed by atoms with van der Waals surface area (Å²) in [7, 11) is 1.44. The van der Waals surface area contributed by atoms with Gasteiger partial charge in [0.25, 0.3) is 5.91 Å². The molecule has 0 radical (unpaired) electrons. The number of methoxy groups -OCH3 is 1. The average Bonchev–Trinajstić information content (AvgIpc) is 2.83. The highest BCUT2D eigenvalue weighted by molar-refractivity contribution is 5.90. The summed E-state index contributed by atoms with van der Waals surface area (Å²) in [6.45, 7) is 3.84. The van der Waals surface area contributed by atoms with E-state index in [4.69, 9.17) is 9.47 Å². The molecule has 0 spiro atoms. The summed E-state index contributed by atoms with van der Waals surface area (Å²) in [5.74, 6) is 0.548. The molecule has 0 aliphatic carbocycles. The van der Waals surface area contributed by atoms with Crippen molar-refractivity contribution in [2.45, 2.75) is 13.8 Å². The van der Waals surface area contributed by atoms with Crippen molar-refractivity contribution < 1.29 is 14.3 Å². The molecular formula is C13H16N4O3. The minimum absolute atomic E-state index is 0.105. The van der Waals surface area contributed by atoms with Gasteiger partial charge in [-0.1, -0.05) is 6.07 Å². The number of carbonyl (C=O) groups is 1. The Bertz CT molecular complexity index is 589. The number of carbonyl (C=O) groups excluding carboxylic acids is 1. The molecule has 7 heteroatoms. The van der Waals surface area contributed by atoms with Crippen LogP contribution in [-0.4, -0.2) is 34.8 Å². The Morgan fingerprint density at radius 2 is 2.00 bits per heavy atom. The Kier molecular flexibility index (Phi) is 4.19. The molecule has 0 saturated carbocycles. The van der Waals surface area contributed by atoms with Gasteiger partial charge >= 0.3 is 6.01 Å². The first kappa shape index (κ1) is 13.9. The largest absolute Gasteiger partial charge is 0.484 e. The van der Waals surface area contributed by atoms with Crippen LogP contribution in [0.15, 0.2) is 18.2 Å². The number of hydrogen-bond acceptors (Lipinski definition) is 5. The number of H-pyrrole nitrogens is 1. The maximum Gasteiger partial charge on any atom is 0.336 e. The van der Waals surface area contributed by atoms with Gasteiger partial charge in [0.1, 0.15) is 5.75 Å². The average molecular weight is 276 g/mol. The van der Waals surface area contributed by atoms with E-state index in [1.165, 1.54) is 7.11 Å². The van der Waals surface area contributed by atoms with E-state index in [9.17, 15) is 4.79 Å². The highest BCUT2D eigenvalue weighted by Gasteiger charge is 2.08. The first-order chi connectivity index (χ1) is 9.56. The molecule has 0 bridgehead atoms. The van der Waals surface area contributed by atoms with Gasteiger partial charge in [-0.25, -0.2) is 5.10 Å². The Morgan fingerprint density at radius 1 is 1.30 bits per heavy atom. The summed E-state index contributed by atoms with van der Waals surface area (Å²) < 4.78 is 10.2. The smallest absolute Gasteiger partial charge is 0.336 e. The third-order valence-electron chi connectivity index (χ3n) is 2.47.